The molecule has 0 fully saturated rings. The van der Waals surface area contributed by atoms with Crippen LogP contribution < -0.4 is 5.32 Å². The number of nitrogens with one attached hydrogen (secondary N) is 1. The molecule has 0 bridgehead atoms. The number of para-hydroxylation sites is 1. The van der Waals surface area contributed by atoms with Crippen molar-refractivity contribution in [2.24, 2.45) is 0 Å². The lowest BCUT2D eigenvalue weighted by Crippen LogP contribution is -2.39. The van der Waals surface area contributed by atoms with Gasteiger partial charge in [-0.05, 0) is 31.9 Å². The van der Waals surface area contributed by atoms with Crippen molar-refractivity contribution < 1.29 is 9.59 Å². The zero-order chi connectivity index (χ0) is 18.2. The van der Waals surface area contributed by atoms with Gasteiger partial charge in [-0.2, -0.15) is 0 Å². The maximum absolute atomic E-state index is 12.4. The standard InChI is InChI=1S/C17H22N4O2S2/c1-4-9-21(16(23)11-24-17-20-19-13(3)25-17)10-15(22)18-14-8-6-5-7-12(14)2/h5-8H,4,9-11H2,1-3H3,(H,18,22). The molecule has 0 aliphatic rings. The largest absolute Gasteiger partial charge is 0.333 e. The number of benzene rings is 1. The second-order valence-electron chi connectivity index (χ2n) is 5.55. The van der Waals surface area contributed by atoms with Gasteiger partial charge in [0.2, 0.25) is 11.8 Å². The van der Waals surface area contributed by atoms with Crippen LogP contribution in [0.25, 0.3) is 0 Å². The molecule has 0 spiro atoms. The molecule has 0 unspecified atom stereocenters. The summed E-state index contributed by atoms with van der Waals surface area (Å²) >= 11 is 2.82. The maximum Gasteiger partial charge on any atom is 0.244 e. The van der Waals surface area contributed by atoms with E-state index in [0.717, 1.165) is 27.0 Å². The fourth-order valence-corrected chi connectivity index (χ4v) is 3.91. The van der Waals surface area contributed by atoms with E-state index in [1.54, 1.807) is 4.90 Å². The van der Waals surface area contributed by atoms with Crippen LogP contribution in [0.15, 0.2) is 28.6 Å². The van der Waals surface area contributed by atoms with Gasteiger partial charge >= 0.3 is 0 Å². The number of aromatic nitrogens is 2. The third-order valence-corrected chi connectivity index (χ3v) is 5.38. The Morgan fingerprint density at radius 1 is 1.24 bits per heavy atom. The summed E-state index contributed by atoms with van der Waals surface area (Å²) in [6.07, 6.45) is 0.798. The number of rotatable bonds is 8. The minimum Gasteiger partial charge on any atom is -0.333 e. The summed E-state index contributed by atoms with van der Waals surface area (Å²) in [5, 5.41) is 11.7. The van der Waals surface area contributed by atoms with Crippen molar-refractivity contribution in [3.8, 4) is 0 Å². The highest BCUT2D eigenvalue weighted by molar-refractivity contribution is 8.01. The molecule has 25 heavy (non-hydrogen) atoms. The van der Waals surface area contributed by atoms with Crippen molar-refractivity contribution in [1.82, 2.24) is 15.1 Å². The smallest absolute Gasteiger partial charge is 0.244 e. The molecule has 0 saturated carbocycles. The normalized spacial score (nSPS) is 10.5. The fourth-order valence-electron chi connectivity index (χ4n) is 2.19. The number of hydrogen-bond acceptors (Lipinski definition) is 6. The van der Waals surface area contributed by atoms with Gasteiger partial charge in [0.1, 0.15) is 5.01 Å². The van der Waals surface area contributed by atoms with E-state index in [-0.39, 0.29) is 24.1 Å². The van der Waals surface area contributed by atoms with E-state index in [0.29, 0.717) is 6.54 Å². The highest BCUT2D eigenvalue weighted by Crippen LogP contribution is 2.22. The van der Waals surface area contributed by atoms with Crippen LogP contribution in [0.4, 0.5) is 5.69 Å². The Labute approximate surface area is 156 Å². The topological polar surface area (TPSA) is 75.2 Å². The Morgan fingerprint density at radius 3 is 2.64 bits per heavy atom. The number of carbonyl (C=O) groups excluding carboxylic acids is 2. The molecule has 8 heteroatoms. The SMILES string of the molecule is CCCN(CC(=O)Nc1ccccc1C)C(=O)CSc1nnc(C)s1. The summed E-state index contributed by atoms with van der Waals surface area (Å²) in [6, 6.07) is 7.58. The van der Waals surface area contributed by atoms with Gasteiger partial charge in [-0.25, -0.2) is 0 Å². The minimum atomic E-state index is -0.187. The van der Waals surface area contributed by atoms with Crippen molar-refractivity contribution in [1.29, 1.82) is 0 Å². The summed E-state index contributed by atoms with van der Waals surface area (Å²) in [6.45, 7) is 6.40. The van der Waals surface area contributed by atoms with Gasteiger partial charge in [0, 0.05) is 12.2 Å². The number of hydrogen-bond donors (Lipinski definition) is 1. The van der Waals surface area contributed by atoms with E-state index in [1.165, 1.54) is 23.1 Å². The third kappa shape index (κ3) is 6.13. The van der Waals surface area contributed by atoms with E-state index >= 15 is 0 Å². The van der Waals surface area contributed by atoms with E-state index in [9.17, 15) is 9.59 Å². The molecule has 134 valence electrons. The highest BCUT2D eigenvalue weighted by Gasteiger charge is 2.18. The zero-order valence-corrected chi connectivity index (χ0v) is 16.2. The molecule has 1 N–H and O–H groups in total. The van der Waals surface area contributed by atoms with Crippen LogP contribution in [0.1, 0.15) is 23.9 Å². The first kappa shape index (κ1) is 19.4. The Morgan fingerprint density at radius 2 is 2.00 bits per heavy atom. The molecule has 6 nitrogen and oxygen atoms in total. The number of thioether (sulfide) groups is 1. The van der Waals surface area contributed by atoms with Gasteiger partial charge in [-0.15, -0.1) is 10.2 Å². The summed E-state index contributed by atoms with van der Waals surface area (Å²) in [7, 11) is 0. The van der Waals surface area contributed by atoms with E-state index < -0.39 is 0 Å². The second kappa shape index (κ2) is 9.53. The molecule has 2 amide bonds. The Balaban J connectivity index is 1.91. The molecular formula is C17H22N4O2S2. The molecule has 2 aromatic rings. The van der Waals surface area contributed by atoms with Gasteiger partial charge in [-0.1, -0.05) is 48.2 Å². The summed E-state index contributed by atoms with van der Waals surface area (Å²) < 4.78 is 0.770. The first-order chi connectivity index (χ1) is 12.0. The average Bonchev–Trinajstić information content (AvgIpc) is 3.00. The molecule has 0 saturated heterocycles. The van der Waals surface area contributed by atoms with Crippen LogP contribution in [0.2, 0.25) is 0 Å². The van der Waals surface area contributed by atoms with Crippen LogP contribution in [0.5, 0.6) is 0 Å². The van der Waals surface area contributed by atoms with Crippen molar-refractivity contribution in [3.05, 3.63) is 34.8 Å². The molecule has 0 atom stereocenters. The van der Waals surface area contributed by atoms with Gasteiger partial charge in [0.05, 0.1) is 12.3 Å². The summed E-state index contributed by atoms with van der Waals surface area (Å²) in [5.74, 6) is -0.000720. The lowest BCUT2D eigenvalue weighted by atomic mass is 10.2. The molecule has 0 aliphatic carbocycles. The van der Waals surface area contributed by atoms with Crippen molar-refractivity contribution in [2.75, 3.05) is 24.2 Å². The first-order valence-corrected chi connectivity index (χ1v) is 9.86. The van der Waals surface area contributed by atoms with Crippen LogP contribution in [-0.2, 0) is 9.59 Å². The van der Waals surface area contributed by atoms with Crippen molar-refractivity contribution in [3.63, 3.8) is 0 Å². The third-order valence-electron chi connectivity index (χ3n) is 3.43. The number of anilines is 1. The predicted octanol–water partition coefficient (Wildman–Crippen LogP) is 3.12. The minimum absolute atomic E-state index is 0.0523. The van der Waals surface area contributed by atoms with Crippen LogP contribution in [0, 0.1) is 13.8 Å². The van der Waals surface area contributed by atoms with E-state index in [1.807, 2.05) is 45.0 Å². The Kier molecular flexibility index (Phi) is 7.39. The van der Waals surface area contributed by atoms with Crippen molar-refractivity contribution in [2.45, 2.75) is 31.5 Å². The lowest BCUT2D eigenvalue weighted by molar-refractivity contribution is -0.132. The van der Waals surface area contributed by atoms with Crippen LogP contribution >= 0.6 is 23.1 Å². The van der Waals surface area contributed by atoms with Gasteiger partial charge in [0.15, 0.2) is 4.34 Å². The highest BCUT2D eigenvalue weighted by atomic mass is 32.2. The van der Waals surface area contributed by atoms with E-state index in [4.69, 9.17) is 0 Å². The molecule has 1 aromatic heterocycles. The molecule has 0 radical (unpaired) electrons. The van der Waals surface area contributed by atoms with Crippen LogP contribution in [0.3, 0.4) is 0 Å². The first-order valence-electron chi connectivity index (χ1n) is 8.05. The quantitative estimate of drug-likeness (QED) is 0.714. The summed E-state index contributed by atoms with van der Waals surface area (Å²) in [5.41, 5.74) is 1.77. The lowest BCUT2D eigenvalue weighted by Gasteiger charge is -2.21. The molecule has 2 rings (SSSR count). The van der Waals surface area contributed by atoms with Gasteiger partial charge in [0.25, 0.3) is 0 Å². The molecule has 0 aliphatic heterocycles. The predicted molar refractivity (Wildman–Crippen MR) is 102 cm³/mol. The number of aryl methyl sites for hydroxylation is 2. The van der Waals surface area contributed by atoms with Crippen molar-refractivity contribution >= 4 is 40.6 Å². The average molecular weight is 379 g/mol. The Bertz CT molecular complexity index is 733. The number of nitrogens with zero attached hydrogens (tertiary/aromatic N) is 3. The molecule has 1 heterocycles. The van der Waals surface area contributed by atoms with Gasteiger partial charge in [-0.3, -0.25) is 9.59 Å². The van der Waals surface area contributed by atoms with Crippen LogP contribution in [-0.4, -0.2) is 45.8 Å². The maximum atomic E-state index is 12.4. The Hall–Kier alpha value is -1.93. The number of amides is 2. The second-order valence-corrected chi connectivity index (χ2v) is 7.96. The zero-order valence-electron chi connectivity index (χ0n) is 14.6. The van der Waals surface area contributed by atoms with Gasteiger partial charge < -0.3 is 10.2 Å². The molecular weight excluding hydrogens is 356 g/mol. The fraction of sp³-hybridized carbons (Fsp3) is 0.412. The summed E-state index contributed by atoms with van der Waals surface area (Å²) in [4.78, 5) is 26.3. The molecule has 1 aromatic carbocycles. The van der Waals surface area contributed by atoms with E-state index in [2.05, 4.69) is 15.5 Å². The monoisotopic (exact) mass is 378 g/mol. The number of carbonyl (C=O) groups is 2.